The van der Waals surface area contributed by atoms with Crippen molar-refractivity contribution < 1.29 is 9.90 Å². The van der Waals surface area contributed by atoms with Gasteiger partial charge in [-0.1, -0.05) is 29.5 Å². The molecule has 2 aromatic rings. The molecular formula is C20H20ClN3O2. The summed E-state index contributed by atoms with van der Waals surface area (Å²) in [6.45, 7) is 0. The van der Waals surface area contributed by atoms with E-state index in [2.05, 4.69) is 22.1 Å². The van der Waals surface area contributed by atoms with Gasteiger partial charge in [0.05, 0.1) is 5.56 Å². The van der Waals surface area contributed by atoms with E-state index in [0.29, 0.717) is 29.2 Å². The Balaban J connectivity index is 1.66. The van der Waals surface area contributed by atoms with E-state index in [1.54, 1.807) is 24.3 Å². The average Bonchev–Trinajstić information content (AvgIpc) is 2.61. The third-order valence-corrected chi connectivity index (χ3v) is 4.61. The van der Waals surface area contributed by atoms with Gasteiger partial charge < -0.3 is 16.2 Å². The molecule has 1 aliphatic carbocycles. The molecule has 26 heavy (non-hydrogen) atoms. The Bertz CT molecular complexity index is 857. The Morgan fingerprint density at radius 1 is 1.38 bits per heavy atom. The maximum Gasteiger partial charge on any atom is 0.253 e. The molecule has 0 aliphatic heterocycles. The molecule has 1 heterocycles. The maximum atomic E-state index is 12.3. The second-order valence-electron chi connectivity index (χ2n) is 6.53. The zero-order chi connectivity index (χ0) is 18.6. The standard InChI is InChI=1S/C20H20ClN3O2/c21-16-4-1-3-14(11-16)8-10-20(26)9-2-5-17(12-20)24-19(25)15-6-7-18(22)23-13-15/h1,3-4,6-7,11,13,17,26H,2,5,9,12H2,(H2,22,23)(H,24,25)/t17-,20?/m0/s1. The number of hydrogen-bond acceptors (Lipinski definition) is 4. The lowest BCUT2D eigenvalue weighted by Crippen LogP contribution is -2.45. The largest absolute Gasteiger partial charge is 0.384 e. The van der Waals surface area contributed by atoms with Gasteiger partial charge in [-0.3, -0.25) is 4.79 Å². The second kappa shape index (κ2) is 7.77. The van der Waals surface area contributed by atoms with Crippen LogP contribution in [0.15, 0.2) is 42.6 Å². The second-order valence-corrected chi connectivity index (χ2v) is 6.97. The number of nitrogen functional groups attached to an aromatic ring is 1. The van der Waals surface area contributed by atoms with E-state index in [0.717, 1.165) is 18.4 Å². The van der Waals surface area contributed by atoms with Crippen molar-refractivity contribution in [3.63, 3.8) is 0 Å². The predicted molar refractivity (Wildman–Crippen MR) is 102 cm³/mol. The van der Waals surface area contributed by atoms with Gasteiger partial charge in [0.2, 0.25) is 0 Å². The van der Waals surface area contributed by atoms with Gasteiger partial charge in [0, 0.05) is 29.2 Å². The molecule has 6 heteroatoms. The lowest BCUT2D eigenvalue weighted by Gasteiger charge is -2.33. The van der Waals surface area contributed by atoms with Crippen LogP contribution in [-0.2, 0) is 0 Å². The zero-order valence-corrected chi connectivity index (χ0v) is 15.0. The number of carbonyl (C=O) groups is 1. The molecule has 1 fully saturated rings. The molecule has 3 rings (SSSR count). The van der Waals surface area contributed by atoms with Crippen LogP contribution in [0.4, 0.5) is 5.82 Å². The minimum atomic E-state index is -1.13. The number of aliphatic hydroxyl groups is 1. The molecule has 1 aliphatic rings. The molecule has 1 amide bonds. The summed E-state index contributed by atoms with van der Waals surface area (Å²) in [5.74, 6) is 6.08. The summed E-state index contributed by atoms with van der Waals surface area (Å²) in [7, 11) is 0. The lowest BCUT2D eigenvalue weighted by atomic mass is 9.82. The Labute approximate surface area is 157 Å². The summed E-state index contributed by atoms with van der Waals surface area (Å²) >= 11 is 5.96. The summed E-state index contributed by atoms with van der Waals surface area (Å²) in [6.07, 6.45) is 3.99. The van der Waals surface area contributed by atoms with Crippen LogP contribution >= 0.6 is 11.6 Å². The number of halogens is 1. The number of rotatable bonds is 2. The van der Waals surface area contributed by atoms with Crippen LogP contribution in [0.3, 0.4) is 0 Å². The molecule has 0 saturated heterocycles. The summed E-state index contributed by atoms with van der Waals surface area (Å²) in [5, 5.41) is 14.4. The molecule has 4 N–H and O–H groups in total. The number of aromatic nitrogens is 1. The number of nitrogens with zero attached hydrogens (tertiary/aromatic N) is 1. The third-order valence-electron chi connectivity index (χ3n) is 4.37. The van der Waals surface area contributed by atoms with E-state index in [4.69, 9.17) is 17.3 Å². The Kier molecular flexibility index (Phi) is 5.46. The highest BCUT2D eigenvalue weighted by molar-refractivity contribution is 6.30. The summed E-state index contributed by atoms with van der Waals surface area (Å²) in [4.78, 5) is 16.3. The molecule has 134 valence electrons. The average molecular weight is 370 g/mol. The van der Waals surface area contributed by atoms with Gasteiger partial charge in [-0.05, 0) is 49.6 Å². The molecule has 1 saturated carbocycles. The van der Waals surface area contributed by atoms with E-state index in [-0.39, 0.29) is 11.9 Å². The number of nitrogens with two attached hydrogens (primary N) is 1. The third kappa shape index (κ3) is 4.75. The van der Waals surface area contributed by atoms with Crippen molar-refractivity contribution in [1.82, 2.24) is 10.3 Å². The fraction of sp³-hybridized carbons (Fsp3) is 0.300. The summed E-state index contributed by atoms with van der Waals surface area (Å²) < 4.78 is 0. The van der Waals surface area contributed by atoms with E-state index in [1.807, 2.05) is 12.1 Å². The Morgan fingerprint density at radius 3 is 2.96 bits per heavy atom. The molecule has 0 radical (unpaired) electrons. The van der Waals surface area contributed by atoms with Gasteiger partial charge in [0.25, 0.3) is 5.91 Å². The van der Waals surface area contributed by atoms with Crippen LogP contribution < -0.4 is 11.1 Å². The van der Waals surface area contributed by atoms with Gasteiger partial charge in [0.15, 0.2) is 0 Å². The first kappa shape index (κ1) is 18.2. The van der Waals surface area contributed by atoms with Crippen molar-refractivity contribution in [3.05, 3.63) is 58.7 Å². The van der Waals surface area contributed by atoms with Crippen molar-refractivity contribution in [1.29, 1.82) is 0 Å². The number of amides is 1. The molecule has 0 bridgehead atoms. The fourth-order valence-corrected chi connectivity index (χ4v) is 3.24. The fourth-order valence-electron chi connectivity index (χ4n) is 3.05. The molecule has 5 nitrogen and oxygen atoms in total. The molecule has 0 spiro atoms. The van der Waals surface area contributed by atoms with Crippen molar-refractivity contribution >= 4 is 23.3 Å². The molecular weight excluding hydrogens is 350 g/mol. The van der Waals surface area contributed by atoms with E-state index in [9.17, 15) is 9.90 Å². The summed E-state index contributed by atoms with van der Waals surface area (Å²) in [6, 6.07) is 10.3. The smallest absolute Gasteiger partial charge is 0.253 e. The first-order valence-corrected chi connectivity index (χ1v) is 8.85. The number of hydrogen-bond donors (Lipinski definition) is 3. The molecule has 1 unspecified atom stereocenters. The van der Waals surface area contributed by atoms with Crippen LogP contribution in [-0.4, -0.2) is 27.6 Å². The highest BCUT2D eigenvalue weighted by atomic mass is 35.5. The van der Waals surface area contributed by atoms with Gasteiger partial charge in [0.1, 0.15) is 11.4 Å². The van der Waals surface area contributed by atoms with E-state index in [1.165, 1.54) is 6.20 Å². The van der Waals surface area contributed by atoms with Crippen LogP contribution in [0, 0.1) is 11.8 Å². The number of nitrogens with one attached hydrogen (secondary N) is 1. The topological polar surface area (TPSA) is 88.2 Å². The molecule has 1 aromatic heterocycles. The van der Waals surface area contributed by atoms with E-state index >= 15 is 0 Å². The number of anilines is 1. The van der Waals surface area contributed by atoms with Gasteiger partial charge in [-0.25, -0.2) is 4.98 Å². The van der Waals surface area contributed by atoms with Crippen molar-refractivity contribution in [2.24, 2.45) is 0 Å². The summed E-state index contributed by atoms with van der Waals surface area (Å²) in [5.41, 5.74) is 5.61. The predicted octanol–water partition coefficient (Wildman–Crippen LogP) is 2.77. The van der Waals surface area contributed by atoms with Crippen molar-refractivity contribution in [2.75, 3.05) is 5.73 Å². The van der Waals surface area contributed by atoms with Gasteiger partial charge >= 0.3 is 0 Å². The minimum Gasteiger partial charge on any atom is -0.384 e. The Morgan fingerprint density at radius 2 is 2.23 bits per heavy atom. The highest BCUT2D eigenvalue weighted by Crippen LogP contribution is 2.28. The first-order valence-electron chi connectivity index (χ1n) is 8.47. The zero-order valence-electron chi connectivity index (χ0n) is 14.2. The van der Waals surface area contributed by atoms with Crippen LogP contribution in [0.5, 0.6) is 0 Å². The quantitative estimate of drug-likeness (QED) is 0.710. The SMILES string of the molecule is Nc1ccc(C(=O)N[C@H]2CCCC(O)(C#Cc3cccc(Cl)c3)C2)cn1. The maximum absolute atomic E-state index is 12.3. The minimum absolute atomic E-state index is 0.146. The number of carbonyl (C=O) groups excluding carboxylic acids is 1. The Hall–Kier alpha value is -2.55. The lowest BCUT2D eigenvalue weighted by molar-refractivity contribution is 0.0452. The van der Waals surface area contributed by atoms with E-state index < -0.39 is 5.60 Å². The highest BCUT2D eigenvalue weighted by Gasteiger charge is 2.33. The molecule has 2 atom stereocenters. The van der Waals surface area contributed by atoms with Crippen LogP contribution in [0.2, 0.25) is 5.02 Å². The molecule has 1 aromatic carbocycles. The van der Waals surface area contributed by atoms with Crippen LogP contribution in [0.1, 0.15) is 41.6 Å². The number of pyridine rings is 1. The van der Waals surface area contributed by atoms with Gasteiger partial charge in [-0.2, -0.15) is 0 Å². The first-order chi connectivity index (χ1) is 12.4. The monoisotopic (exact) mass is 369 g/mol. The van der Waals surface area contributed by atoms with Crippen molar-refractivity contribution in [2.45, 2.75) is 37.3 Å². The number of benzene rings is 1. The van der Waals surface area contributed by atoms with Crippen molar-refractivity contribution in [3.8, 4) is 11.8 Å². The normalized spacial score (nSPS) is 22.2. The van der Waals surface area contributed by atoms with Gasteiger partial charge in [-0.15, -0.1) is 0 Å². The van der Waals surface area contributed by atoms with Crippen LogP contribution in [0.25, 0.3) is 0 Å².